The van der Waals surface area contributed by atoms with Gasteiger partial charge in [-0.1, -0.05) is 18.2 Å². The van der Waals surface area contributed by atoms with E-state index in [0.717, 1.165) is 61.1 Å². The van der Waals surface area contributed by atoms with Crippen LogP contribution in [0.2, 0.25) is 0 Å². The molecule has 4 rings (SSSR count). The van der Waals surface area contributed by atoms with Crippen molar-refractivity contribution in [2.45, 2.75) is 12.5 Å². The Morgan fingerprint density at radius 3 is 2.54 bits per heavy atom. The third-order valence-electron chi connectivity index (χ3n) is 5.39. The number of ether oxygens (including phenoxy) is 3. The smallest absolute Gasteiger partial charge is 0.161 e. The molecular weight excluding hydrogens is 356 g/mol. The number of hydrogen-bond donors (Lipinski definition) is 1. The third kappa shape index (κ3) is 4.18. The normalized spacial score (nSPS) is 18.4. The van der Waals surface area contributed by atoms with Gasteiger partial charge in [0.1, 0.15) is 5.75 Å². The van der Waals surface area contributed by atoms with Crippen LogP contribution in [0.3, 0.4) is 0 Å². The van der Waals surface area contributed by atoms with Crippen molar-refractivity contribution in [1.29, 1.82) is 0 Å². The molecule has 1 saturated heterocycles. The zero-order valence-electron chi connectivity index (χ0n) is 16.3. The van der Waals surface area contributed by atoms with Crippen molar-refractivity contribution in [1.82, 2.24) is 4.90 Å². The number of anilines is 1. The van der Waals surface area contributed by atoms with Crippen LogP contribution in [0.1, 0.15) is 18.1 Å². The molecule has 2 aliphatic rings. The van der Waals surface area contributed by atoms with Crippen LogP contribution in [-0.4, -0.2) is 63.1 Å². The molecule has 2 aromatic rings. The fourth-order valence-electron chi connectivity index (χ4n) is 3.80. The lowest BCUT2D eigenvalue weighted by Gasteiger charge is -2.37. The first-order valence-corrected chi connectivity index (χ1v) is 9.92. The summed E-state index contributed by atoms with van der Waals surface area (Å²) in [5, 5.41) is 10.7. The molecule has 0 aliphatic carbocycles. The molecule has 0 aromatic heterocycles. The minimum Gasteiger partial charge on any atom is -0.495 e. The van der Waals surface area contributed by atoms with Crippen LogP contribution in [0, 0.1) is 0 Å². The van der Waals surface area contributed by atoms with E-state index >= 15 is 0 Å². The van der Waals surface area contributed by atoms with Crippen molar-refractivity contribution in [3.05, 3.63) is 48.0 Å². The Morgan fingerprint density at radius 2 is 1.75 bits per heavy atom. The van der Waals surface area contributed by atoms with E-state index in [2.05, 4.69) is 15.9 Å². The Kier molecular flexibility index (Phi) is 5.88. The van der Waals surface area contributed by atoms with E-state index in [4.69, 9.17) is 14.2 Å². The molecule has 0 radical (unpaired) electrons. The van der Waals surface area contributed by atoms with Crippen LogP contribution in [0.15, 0.2) is 42.5 Å². The molecule has 28 heavy (non-hydrogen) atoms. The number of para-hydroxylation sites is 2. The number of methoxy groups -OCH3 is 1. The minimum atomic E-state index is -0.546. The number of fused-ring (bicyclic) bond motifs is 1. The predicted octanol–water partition coefficient (Wildman–Crippen LogP) is 2.71. The number of β-amino-alcohol motifs (C(OH)–C–C–N with tert-alkyl or cyclic N) is 1. The van der Waals surface area contributed by atoms with Crippen LogP contribution >= 0.6 is 0 Å². The summed E-state index contributed by atoms with van der Waals surface area (Å²) in [6, 6.07) is 13.9. The van der Waals surface area contributed by atoms with E-state index in [-0.39, 0.29) is 0 Å². The Bertz CT molecular complexity index is 790. The molecule has 0 unspecified atom stereocenters. The molecule has 2 aromatic carbocycles. The lowest BCUT2D eigenvalue weighted by molar-refractivity contribution is 0.109. The van der Waals surface area contributed by atoms with Crippen LogP contribution in [-0.2, 0) is 0 Å². The van der Waals surface area contributed by atoms with Crippen LogP contribution in [0.25, 0.3) is 0 Å². The van der Waals surface area contributed by atoms with Gasteiger partial charge in [-0.05, 0) is 29.8 Å². The fourth-order valence-corrected chi connectivity index (χ4v) is 3.80. The van der Waals surface area contributed by atoms with Gasteiger partial charge >= 0.3 is 0 Å². The average Bonchev–Trinajstić information content (AvgIpc) is 2.99. The van der Waals surface area contributed by atoms with E-state index in [1.54, 1.807) is 7.11 Å². The van der Waals surface area contributed by atoms with Gasteiger partial charge in [-0.2, -0.15) is 0 Å². The molecule has 1 fully saturated rings. The van der Waals surface area contributed by atoms with Crippen molar-refractivity contribution in [2.24, 2.45) is 0 Å². The van der Waals surface area contributed by atoms with E-state index in [0.29, 0.717) is 19.8 Å². The molecule has 6 heteroatoms. The van der Waals surface area contributed by atoms with Gasteiger partial charge in [0.25, 0.3) is 0 Å². The van der Waals surface area contributed by atoms with Gasteiger partial charge in [0.15, 0.2) is 11.5 Å². The lowest BCUT2D eigenvalue weighted by atomic mass is 10.1. The average molecular weight is 384 g/mol. The van der Waals surface area contributed by atoms with Gasteiger partial charge in [-0.15, -0.1) is 0 Å². The summed E-state index contributed by atoms with van der Waals surface area (Å²) in [6.45, 7) is 5.56. The van der Waals surface area contributed by atoms with Gasteiger partial charge < -0.3 is 24.2 Å². The topological polar surface area (TPSA) is 54.4 Å². The summed E-state index contributed by atoms with van der Waals surface area (Å²) in [5.74, 6) is 2.40. The quantitative estimate of drug-likeness (QED) is 0.856. The van der Waals surface area contributed by atoms with Crippen molar-refractivity contribution in [2.75, 3.05) is 57.9 Å². The number of nitrogens with zero attached hydrogens (tertiary/aromatic N) is 2. The fraction of sp³-hybridized carbons (Fsp3) is 0.455. The third-order valence-corrected chi connectivity index (χ3v) is 5.39. The monoisotopic (exact) mass is 384 g/mol. The summed E-state index contributed by atoms with van der Waals surface area (Å²) < 4.78 is 16.9. The molecule has 0 amide bonds. The number of piperazine rings is 1. The van der Waals surface area contributed by atoms with Gasteiger partial charge in [-0.3, -0.25) is 4.90 Å². The van der Waals surface area contributed by atoms with E-state index in [1.807, 2.05) is 36.4 Å². The van der Waals surface area contributed by atoms with Crippen LogP contribution in [0.4, 0.5) is 5.69 Å². The van der Waals surface area contributed by atoms with E-state index in [1.165, 1.54) is 0 Å². The van der Waals surface area contributed by atoms with Crippen molar-refractivity contribution in [3.63, 3.8) is 0 Å². The highest BCUT2D eigenvalue weighted by Crippen LogP contribution is 2.33. The maximum absolute atomic E-state index is 10.7. The summed E-state index contributed by atoms with van der Waals surface area (Å²) in [4.78, 5) is 4.65. The van der Waals surface area contributed by atoms with Gasteiger partial charge in [0.2, 0.25) is 0 Å². The van der Waals surface area contributed by atoms with E-state index in [9.17, 15) is 5.11 Å². The molecule has 0 spiro atoms. The summed E-state index contributed by atoms with van der Waals surface area (Å²) in [6.07, 6.45) is 0.332. The first-order chi connectivity index (χ1) is 13.7. The highest BCUT2D eigenvalue weighted by molar-refractivity contribution is 5.58. The highest BCUT2D eigenvalue weighted by Gasteiger charge is 2.22. The number of aliphatic hydroxyl groups excluding tert-OH is 1. The molecule has 2 aliphatic heterocycles. The molecule has 1 atom stereocenters. The summed E-state index contributed by atoms with van der Waals surface area (Å²) >= 11 is 0. The number of aliphatic hydroxyl groups is 1. The Hall–Kier alpha value is -2.44. The van der Waals surface area contributed by atoms with E-state index < -0.39 is 6.10 Å². The van der Waals surface area contributed by atoms with Gasteiger partial charge in [0.05, 0.1) is 32.1 Å². The molecule has 0 saturated carbocycles. The minimum absolute atomic E-state index is 0.546. The van der Waals surface area contributed by atoms with Crippen LogP contribution in [0.5, 0.6) is 17.2 Å². The maximum atomic E-state index is 10.7. The number of hydrogen-bond acceptors (Lipinski definition) is 6. The summed E-state index contributed by atoms with van der Waals surface area (Å²) in [7, 11) is 1.71. The van der Waals surface area contributed by atoms with Crippen molar-refractivity contribution >= 4 is 5.69 Å². The first kappa shape index (κ1) is 18.9. The van der Waals surface area contributed by atoms with Crippen LogP contribution < -0.4 is 19.1 Å². The molecule has 0 bridgehead atoms. The highest BCUT2D eigenvalue weighted by atomic mass is 16.5. The zero-order valence-corrected chi connectivity index (χ0v) is 16.3. The first-order valence-electron chi connectivity index (χ1n) is 9.92. The second-order valence-electron chi connectivity index (χ2n) is 7.23. The molecular formula is C22H28N2O4. The molecule has 6 nitrogen and oxygen atoms in total. The zero-order chi connectivity index (χ0) is 19.3. The standard InChI is InChI=1S/C22H28N2O4/c1-26-20-6-3-2-5-18(20)24-11-9-23(10-12-24)16-19(25)17-7-8-21-22(15-17)28-14-4-13-27-21/h2-3,5-8,15,19,25H,4,9-14,16H2,1H3/t19-/m0/s1. The second kappa shape index (κ2) is 8.71. The van der Waals surface area contributed by atoms with Gasteiger partial charge in [0, 0.05) is 39.1 Å². The Balaban J connectivity index is 1.35. The second-order valence-corrected chi connectivity index (χ2v) is 7.23. The Labute approximate surface area is 166 Å². The number of benzene rings is 2. The predicted molar refractivity (Wildman–Crippen MR) is 109 cm³/mol. The van der Waals surface area contributed by atoms with Crippen molar-refractivity contribution < 1.29 is 19.3 Å². The van der Waals surface area contributed by atoms with Gasteiger partial charge in [-0.25, -0.2) is 0 Å². The SMILES string of the molecule is COc1ccccc1N1CCN(C[C@H](O)c2ccc3c(c2)OCCCO3)CC1. The number of rotatable bonds is 5. The molecule has 150 valence electrons. The van der Waals surface area contributed by atoms with Crippen molar-refractivity contribution in [3.8, 4) is 17.2 Å². The molecule has 1 N–H and O–H groups in total. The summed E-state index contributed by atoms with van der Waals surface area (Å²) in [5.41, 5.74) is 2.00. The Morgan fingerprint density at radius 1 is 1.00 bits per heavy atom. The lowest BCUT2D eigenvalue weighted by Crippen LogP contribution is -2.47. The maximum Gasteiger partial charge on any atom is 0.161 e. The largest absolute Gasteiger partial charge is 0.495 e. The molecule has 2 heterocycles.